The lowest BCUT2D eigenvalue weighted by molar-refractivity contribution is 0.0702. The first-order valence-corrected chi connectivity index (χ1v) is 9.32. The number of nitrogens with zero attached hydrogens (tertiary/aromatic N) is 2. The molecule has 130 valence electrons. The number of nitrogens with one attached hydrogen (secondary N) is 1. The minimum absolute atomic E-state index is 0.188. The van der Waals surface area contributed by atoms with Crippen LogP contribution in [0.4, 0.5) is 0 Å². The fourth-order valence-electron chi connectivity index (χ4n) is 2.89. The summed E-state index contributed by atoms with van der Waals surface area (Å²) in [6, 6.07) is 9.31. The topological polar surface area (TPSA) is 88.0 Å². The Morgan fingerprint density at radius 3 is 2.81 bits per heavy atom. The van der Waals surface area contributed by atoms with Crippen molar-refractivity contribution in [2.75, 3.05) is 0 Å². The zero-order valence-electron chi connectivity index (χ0n) is 13.5. The average Bonchev–Trinajstić information content (AvgIpc) is 3.24. The number of aryl methyl sites for hydroxylation is 1. The molecule has 0 unspecified atom stereocenters. The number of rotatable bonds is 3. The van der Waals surface area contributed by atoms with E-state index >= 15 is 0 Å². The van der Waals surface area contributed by atoms with Gasteiger partial charge in [-0.15, -0.1) is 11.3 Å². The summed E-state index contributed by atoms with van der Waals surface area (Å²) in [4.78, 5) is 26.6. The fourth-order valence-corrected chi connectivity index (χ4v) is 4.08. The maximum Gasteiger partial charge on any atom is 0.345 e. The minimum atomic E-state index is -1.01. The van der Waals surface area contributed by atoms with E-state index in [0.717, 1.165) is 22.5 Å². The molecule has 0 atom stereocenters. The number of aromatic nitrogens is 3. The molecular formula is C18H12BrN3O3S. The second-order valence-electron chi connectivity index (χ2n) is 5.74. The van der Waals surface area contributed by atoms with Crippen molar-refractivity contribution in [1.82, 2.24) is 14.8 Å². The Labute approximate surface area is 159 Å². The number of benzene rings is 1. The molecule has 0 saturated carbocycles. The summed E-state index contributed by atoms with van der Waals surface area (Å²) in [5.41, 5.74) is 3.23. The van der Waals surface area contributed by atoms with Gasteiger partial charge >= 0.3 is 5.97 Å². The van der Waals surface area contributed by atoms with Gasteiger partial charge in [0.25, 0.3) is 5.56 Å². The molecule has 4 rings (SSSR count). The molecule has 26 heavy (non-hydrogen) atoms. The first-order chi connectivity index (χ1) is 12.5. The lowest BCUT2D eigenvalue weighted by atomic mass is 10.0. The van der Waals surface area contributed by atoms with Gasteiger partial charge in [-0.3, -0.25) is 4.79 Å². The first-order valence-electron chi connectivity index (χ1n) is 7.65. The van der Waals surface area contributed by atoms with Gasteiger partial charge in [0.2, 0.25) is 0 Å². The van der Waals surface area contributed by atoms with Gasteiger partial charge in [0, 0.05) is 27.0 Å². The Kier molecular flexibility index (Phi) is 4.01. The predicted molar refractivity (Wildman–Crippen MR) is 104 cm³/mol. The van der Waals surface area contributed by atoms with Crippen molar-refractivity contribution in [1.29, 1.82) is 0 Å². The highest BCUT2D eigenvalue weighted by Crippen LogP contribution is 2.34. The second kappa shape index (κ2) is 6.22. The number of halogens is 1. The zero-order chi connectivity index (χ0) is 18.4. The van der Waals surface area contributed by atoms with E-state index in [1.54, 1.807) is 11.6 Å². The Bertz CT molecular complexity index is 1220. The van der Waals surface area contributed by atoms with Crippen molar-refractivity contribution < 1.29 is 9.90 Å². The summed E-state index contributed by atoms with van der Waals surface area (Å²) in [6.07, 6.45) is 1.59. The molecule has 0 aliphatic heterocycles. The van der Waals surface area contributed by atoms with E-state index in [4.69, 9.17) is 0 Å². The summed E-state index contributed by atoms with van der Waals surface area (Å²) in [5, 5.41) is 16.2. The van der Waals surface area contributed by atoms with E-state index in [-0.39, 0.29) is 10.4 Å². The summed E-state index contributed by atoms with van der Waals surface area (Å²) >= 11 is 4.60. The molecular weight excluding hydrogens is 418 g/mol. The summed E-state index contributed by atoms with van der Waals surface area (Å²) in [6.45, 7) is 1.98. The largest absolute Gasteiger partial charge is 0.477 e. The number of aromatic amines is 1. The van der Waals surface area contributed by atoms with Crippen molar-refractivity contribution in [2.45, 2.75) is 6.92 Å². The van der Waals surface area contributed by atoms with Crippen LogP contribution in [0.3, 0.4) is 0 Å². The van der Waals surface area contributed by atoms with Crippen LogP contribution in [0.15, 0.2) is 51.2 Å². The molecule has 6 nitrogen and oxygen atoms in total. The van der Waals surface area contributed by atoms with Gasteiger partial charge in [-0.25, -0.2) is 9.48 Å². The van der Waals surface area contributed by atoms with Crippen LogP contribution in [-0.4, -0.2) is 25.8 Å². The van der Waals surface area contributed by atoms with Crippen LogP contribution in [0.25, 0.3) is 27.8 Å². The third-order valence-electron chi connectivity index (χ3n) is 4.11. The van der Waals surface area contributed by atoms with Crippen molar-refractivity contribution >= 4 is 44.1 Å². The molecule has 0 amide bonds. The molecule has 3 aromatic heterocycles. The average molecular weight is 430 g/mol. The third kappa shape index (κ3) is 2.58. The Morgan fingerprint density at radius 2 is 2.12 bits per heavy atom. The molecule has 8 heteroatoms. The van der Waals surface area contributed by atoms with E-state index < -0.39 is 5.97 Å². The molecule has 0 spiro atoms. The van der Waals surface area contributed by atoms with E-state index in [2.05, 4.69) is 26.0 Å². The molecule has 3 heterocycles. The first kappa shape index (κ1) is 16.7. The summed E-state index contributed by atoms with van der Waals surface area (Å²) < 4.78 is 2.22. The van der Waals surface area contributed by atoms with Crippen molar-refractivity contribution in [3.63, 3.8) is 0 Å². The van der Waals surface area contributed by atoms with Crippen molar-refractivity contribution in [3.05, 3.63) is 67.2 Å². The second-order valence-corrected chi connectivity index (χ2v) is 7.50. The molecule has 0 saturated heterocycles. The number of carbonyl (C=O) groups is 1. The third-order valence-corrected chi connectivity index (χ3v) is 5.64. The maximum absolute atomic E-state index is 12.5. The lowest BCUT2D eigenvalue weighted by Gasteiger charge is -2.03. The maximum atomic E-state index is 12.5. The van der Waals surface area contributed by atoms with Gasteiger partial charge in [0.15, 0.2) is 0 Å². The lowest BCUT2D eigenvalue weighted by Crippen LogP contribution is -2.10. The summed E-state index contributed by atoms with van der Waals surface area (Å²) in [5.74, 6) is -1.01. The van der Waals surface area contributed by atoms with Crippen molar-refractivity contribution in [2.24, 2.45) is 0 Å². The van der Waals surface area contributed by atoms with Crippen LogP contribution in [-0.2, 0) is 0 Å². The van der Waals surface area contributed by atoms with Gasteiger partial charge in [-0.1, -0.05) is 24.3 Å². The highest BCUT2D eigenvalue weighted by Gasteiger charge is 2.21. The van der Waals surface area contributed by atoms with Crippen LogP contribution in [0.2, 0.25) is 0 Å². The van der Waals surface area contributed by atoms with E-state index in [1.807, 2.05) is 31.2 Å². The molecule has 2 N–H and O–H groups in total. The number of thiophene rings is 1. The SMILES string of the molecule is Cc1ccccc1-c1nn(-c2csc(C(=O)O)c2)c2c(=O)[nH]cc(Br)c12. The normalized spacial score (nSPS) is 11.2. The molecule has 0 radical (unpaired) electrons. The molecule has 4 aromatic rings. The van der Waals surface area contributed by atoms with Crippen LogP contribution in [0.5, 0.6) is 0 Å². The fraction of sp³-hybridized carbons (Fsp3) is 0.0556. The highest BCUT2D eigenvalue weighted by molar-refractivity contribution is 9.10. The van der Waals surface area contributed by atoms with Crippen LogP contribution in [0, 0.1) is 6.92 Å². The predicted octanol–water partition coefficient (Wildman–Crippen LogP) is 4.21. The number of fused-ring (bicyclic) bond motifs is 1. The Balaban J connectivity index is 2.09. The zero-order valence-corrected chi connectivity index (χ0v) is 15.9. The van der Waals surface area contributed by atoms with Crippen LogP contribution < -0.4 is 5.56 Å². The van der Waals surface area contributed by atoms with Gasteiger partial charge in [0.1, 0.15) is 16.1 Å². The van der Waals surface area contributed by atoms with Crippen LogP contribution in [0.1, 0.15) is 15.2 Å². The minimum Gasteiger partial charge on any atom is -0.477 e. The molecule has 0 aliphatic rings. The number of carboxylic acids is 1. The van der Waals surface area contributed by atoms with E-state index in [9.17, 15) is 14.7 Å². The smallest absolute Gasteiger partial charge is 0.345 e. The van der Waals surface area contributed by atoms with Crippen LogP contribution >= 0.6 is 27.3 Å². The number of carboxylic acid groups (broad SMARTS) is 1. The van der Waals surface area contributed by atoms with E-state index in [1.165, 1.54) is 10.7 Å². The number of pyridine rings is 1. The van der Waals surface area contributed by atoms with E-state index in [0.29, 0.717) is 26.8 Å². The number of hydrogen-bond donors (Lipinski definition) is 2. The van der Waals surface area contributed by atoms with Gasteiger partial charge < -0.3 is 10.1 Å². The standard InChI is InChI=1S/C18H12BrN3O3S/c1-9-4-2-3-5-11(9)15-14-12(19)7-20-17(23)16(14)22(21-15)10-6-13(18(24)25)26-8-10/h2-8H,1H3,(H,20,23)(H,24,25). The number of H-pyrrole nitrogens is 1. The molecule has 0 aliphatic carbocycles. The quantitative estimate of drug-likeness (QED) is 0.510. The van der Waals surface area contributed by atoms with Crippen molar-refractivity contribution in [3.8, 4) is 16.9 Å². The molecule has 1 aromatic carbocycles. The Hall–Kier alpha value is -2.71. The molecule has 0 fully saturated rings. The number of hydrogen-bond acceptors (Lipinski definition) is 4. The number of aromatic carboxylic acids is 1. The molecule has 0 bridgehead atoms. The summed E-state index contributed by atoms with van der Waals surface area (Å²) in [7, 11) is 0. The highest BCUT2D eigenvalue weighted by atomic mass is 79.9. The van der Waals surface area contributed by atoms with Gasteiger partial charge in [-0.2, -0.15) is 5.10 Å². The van der Waals surface area contributed by atoms with Gasteiger partial charge in [-0.05, 0) is 34.5 Å². The monoisotopic (exact) mass is 429 g/mol. The Morgan fingerprint density at radius 1 is 1.35 bits per heavy atom. The van der Waals surface area contributed by atoms with Gasteiger partial charge in [0.05, 0.1) is 5.69 Å².